The van der Waals surface area contributed by atoms with Gasteiger partial charge in [-0.3, -0.25) is 4.99 Å². The SMILES string of the molecule is c1ccc(C2=NC(c3ccccc3)[N-]C(c3cccc(-c4cccc(-c5nc(-c6ccccc6)nc(-c6ccc(-c7ccccc7)cc6)n5)c4)c3)=N2)cc1. The summed E-state index contributed by atoms with van der Waals surface area (Å²) in [5, 5.41) is 5.03. The first-order chi connectivity index (χ1) is 26.7. The van der Waals surface area contributed by atoms with E-state index in [-0.39, 0.29) is 0 Å². The normalized spacial score (nSPS) is 13.7. The molecule has 1 aliphatic heterocycles. The van der Waals surface area contributed by atoms with E-state index in [1.54, 1.807) is 0 Å². The van der Waals surface area contributed by atoms with E-state index in [9.17, 15) is 0 Å². The van der Waals surface area contributed by atoms with Gasteiger partial charge in [-0.2, -0.15) is 0 Å². The summed E-state index contributed by atoms with van der Waals surface area (Å²) in [4.78, 5) is 24.9. The number of benzene rings is 7. The molecule has 0 aliphatic carbocycles. The standard InChI is InChI=1S/C48H33N6/c1-5-15-33(16-6-1)34-27-29-38(30-28-34)46-50-45(37-21-11-4-12-22-37)53-48(54-46)42-26-14-24-40(32-42)39-23-13-25-41(31-39)47-51-43(35-17-7-2-8-18-35)49-44(52-47)36-19-9-3-10-20-36/h1-32,43H/q-1. The van der Waals surface area contributed by atoms with Crippen molar-refractivity contribution in [1.82, 2.24) is 15.0 Å². The molecule has 0 amide bonds. The van der Waals surface area contributed by atoms with Crippen molar-refractivity contribution >= 4 is 11.7 Å². The van der Waals surface area contributed by atoms with Crippen LogP contribution in [0.5, 0.6) is 0 Å². The van der Waals surface area contributed by atoms with Gasteiger partial charge in [0.25, 0.3) is 0 Å². The minimum Gasteiger partial charge on any atom is -0.438 e. The molecule has 0 saturated heterocycles. The van der Waals surface area contributed by atoms with Crippen LogP contribution in [0, 0.1) is 0 Å². The fourth-order valence-electron chi connectivity index (χ4n) is 6.53. The van der Waals surface area contributed by atoms with E-state index >= 15 is 0 Å². The first kappa shape index (κ1) is 32.6. The van der Waals surface area contributed by atoms with Crippen LogP contribution >= 0.6 is 0 Å². The molecule has 1 unspecified atom stereocenters. The summed E-state index contributed by atoms with van der Waals surface area (Å²) in [6.07, 6.45) is -0.396. The molecule has 8 aromatic rings. The average Bonchev–Trinajstić information content (AvgIpc) is 3.27. The molecule has 1 aliphatic rings. The molecule has 2 heterocycles. The first-order valence-electron chi connectivity index (χ1n) is 17.9. The van der Waals surface area contributed by atoms with Crippen molar-refractivity contribution in [3.63, 3.8) is 0 Å². The lowest BCUT2D eigenvalue weighted by atomic mass is 10.00. The monoisotopic (exact) mass is 693 g/mol. The van der Waals surface area contributed by atoms with Crippen LogP contribution in [-0.4, -0.2) is 26.6 Å². The molecule has 54 heavy (non-hydrogen) atoms. The van der Waals surface area contributed by atoms with E-state index in [0.29, 0.717) is 29.1 Å². The Hall–Kier alpha value is -7.31. The molecule has 9 rings (SSSR count). The van der Waals surface area contributed by atoms with Gasteiger partial charge in [0.15, 0.2) is 17.5 Å². The van der Waals surface area contributed by atoms with Gasteiger partial charge in [0.1, 0.15) is 0 Å². The predicted octanol–water partition coefficient (Wildman–Crippen LogP) is 11.5. The zero-order valence-corrected chi connectivity index (χ0v) is 29.2. The Kier molecular flexibility index (Phi) is 8.89. The molecule has 256 valence electrons. The Balaban J connectivity index is 1.08. The predicted molar refractivity (Wildman–Crippen MR) is 219 cm³/mol. The van der Waals surface area contributed by atoms with Gasteiger partial charge in [0.05, 0.1) is 12.0 Å². The summed E-state index contributed by atoms with van der Waals surface area (Å²) >= 11 is 0. The second-order valence-electron chi connectivity index (χ2n) is 12.9. The van der Waals surface area contributed by atoms with Crippen LogP contribution in [0.25, 0.3) is 61.7 Å². The Morgan fingerprint density at radius 1 is 0.333 bits per heavy atom. The number of hydrogen-bond acceptors (Lipinski definition) is 5. The second kappa shape index (κ2) is 14.7. The van der Waals surface area contributed by atoms with Crippen LogP contribution in [0.15, 0.2) is 204 Å². The Bertz CT molecular complexity index is 2600. The fourth-order valence-corrected chi connectivity index (χ4v) is 6.53. The van der Waals surface area contributed by atoms with Gasteiger partial charge in [-0.25, -0.2) is 15.0 Å². The largest absolute Gasteiger partial charge is 0.438 e. The van der Waals surface area contributed by atoms with Gasteiger partial charge >= 0.3 is 0 Å². The van der Waals surface area contributed by atoms with E-state index in [1.165, 1.54) is 0 Å². The summed E-state index contributed by atoms with van der Waals surface area (Å²) in [6, 6.07) is 65.7. The van der Waals surface area contributed by atoms with E-state index < -0.39 is 6.17 Å². The van der Waals surface area contributed by atoms with E-state index in [0.717, 1.165) is 55.6 Å². The van der Waals surface area contributed by atoms with Crippen molar-refractivity contribution in [2.75, 3.05) is 0 Å². The fraction of sp³-hybridized carbons (Fsp3) is 0.0208. The summed E-state index contributed by atoms with van der Waals surface area (Å²) < 4.78 is 0. The van der Waals surface area contributed by atoms with E-state index in [4.69, 9.17) is 30.3 Å². The molecule has 0 spiro atoms. The maximum Gasteiger partial charge on any atom is 0.164 e. The quantitative estimate of drug-likeness (QED) is 0.159. The smallest absolute Gasteiger partial charge is 0.164 e. The third-order valence-corrected chi connectivity index (χ3v) is 9.32. The lowest BCUT2D eigenvalue weighted by Crippen LogP contribution is -2.15. The second-order valence-corrected chi connectivity index (χ2v) is 12.9. The lowest BCUT2D eigenvalue weighted by Gasteiger charge is -2.32. The van der Waals surface area contributed by atoms with Crippen molar-refractivity contribution in [2.45, 2.75) is 6.17 Å². The molecule has 1 atom stereocenters. The molecule has 0 bridgehead atoms. The highest BCUT2D eigenvalue weighted by Crippen LogP contribution is 2.33. The van der Waals surface area contributed by atoms with Crippen LogP contribution in [0.4, 0.5) is 0 Å². The van der Waals surface area contributed by atoms with Crippen molar-refractivity contribution in [2.24, 2.45) is 9.98 Å². The van der Waals surface area contributed by atoms with Gasteiger partial charge in [0.2, 0.25) is 0 Å². The third kappa shape index (κ3) is 6.96. The minimum atomic E-state index is -0.396. The Labute approximate surface area is 314 Å². The van der Waals surface area contributed by atoms with Crippen LogP contribution in [0.3, 0.4) is 0 Å². The minimum absolute atomic E-state index is 0.396. The topological polar surface area (TPSA) is 77.5 Å². The highest BCUT2D eigenvalue weighted by molar-refractivity contribution is 6.19. The van der Waals surface area contributed by atoms with E-state index in [1.807, 2.05) is 97.1 Å². The summed E-state index contributed by atoms with van der Waals surface area (Å²) in [5.41, 5.74) is 9.97. The average molecular weight is 694 g/mol. The number of aromatic nitrogens is 3. The number of amidine groups is 2. The van der Waals surface area contributed by atoms with Crippen molar-refractivity contribution in [3.05, 3.63) is 216 Å². The molecule has 0 radical (unpaired) electrons. The molecule has 0 N–H and O–H groups in total. The van der Waals surface area contributed by atoms with Gasteiger partial charge in [-0.15, -0.1) is 0 Å². The van der Waals surface area contributed by atoms with Crippen molar-refractivity contribution in [1.29, 1.82) is 0 Å². The Morgan fingerprint density at radius 3 is 1.35 bits per heavy atom. The molecule has 7 aromatic carbocycles. The highest BCUT2D eigenvalue weighted by Gasteiger charge is 2.16. The molecule has 1 aromatic heterocycles. The Morgan fingerprint density at radius 2 is 0.741 bits per heavy atom. The summed E-state index contributed by atoms with van der Waals surface area (Å²) in [6.45, 7) is 0. The number of nitrogens with zero attached hydrogens (tertiary/aromatic N) is 6. The number of rotatable bonds is 8. The third-order valence-electron chi connectivity index (χ3n) is 9.32. The van der Waals surface area contributed by atoms with Crippen LogP contribution < -0.4 is 0 Å². The van der Waals surface area contributed by atoms with Gasteiger partial charge < -0.3 is 10.3 Å². The molecular weight excluding hydrogens is 661 g/mol. The lowest BCUT2D eigenvalue weighted by molar-refractivity contribution is 0.878. The van der Waals surface area contributed by atoms with Gasteiger partial charge in [-0.05, 0) is 51.1 Å². The van der Waals surface area contributed by atoms with Gasteiger partial charge in [-0.1, -0.05) is 188 Å². The molecule has 6 heteroatoms. The summed E-state index contributed by atoms with van der Waals surface area (Å²) in [5.74, 6) is 3.15. The van der Waals surface area contributed by atoms with E-state index in [2.05, 4.69) is 97.1 Å². The highest BCUT2D eigenvalue weighted by atomic mass is 15.2. The maximum absolute atomic E-state index is 5.03. The molecular formula is C48H33N6-. The van der Waals surface area contributed by atoms with Crippen LogP contribution in [0.2, 0.25) is 0 Å². The number of hydrogen-bond donors (Lipinski definition) is 0. The molecule has 0 saturated carbocycles. The van der Waals surface area contributed by atoms with Crippen molar-refractivity contribution < 1.29 is 0 Å². The molecule has 0 fully saturated rings. The van der Waals surface area contributed by atoms with Crippen LogP contribution in [-0.2, 0) is 0 Å². The maximum atomic E-state index is 5.03. The van der Waals surface area contributed by atoms with Gasteiger partial charge in [0, 0.05) is 16.7 Å². The number of aliphatic imine (C=N–C) groups is 2. The van der Waals surface area contributed by atoms with Crippen molar-refractivity contribution in [3.8, 4) is 56.4 Å². The first-order valence-corrected chi connectivity index (χ1v) is 17.9. The zero-order chi connectivity index (χ0) is 36.1. The molecule has 6 nitrogen and oxygen atoms in total. The van der Waals surface area contributed by atoms with Crippen LogP contribution in [0.1, 0.15) is 22.9 Å². The zero-order valence-electron chi connectivity index (χ0n) is 29.2. The summed E-state index contributed by atoms with van der Waals surface area (Å²) in [7, 11) is 0.